The van der Waals surface area contributed by atoms with Crippen LogP contribution in [0.5, 0.6) is 0 Å². The minimum atomic E-state index is -5.03. The lowest BCUT2D eigenvalue weighted by Gasteiger charge is -2.26. The van der Waals surface area contributed by atoms with E-state index in [0.717, 1.165) is 6.33 Å². The summed E-state index contributed by atoms with van der Waals surface area (Å²) in [4.78, 5) is 41.7. The minimum absolute atomic E-state index is 0.0338. The van der Waals surface area contributed by atoms with Crippen LogP contribution in [-0.2, 0) is 36.7 Å². The molecule has 8 N–H and O–H groups in total. The molecule has 3 aliphatic heterocycles. The molecule has 7 rings (SSSR count). The number of phosphoric acid groups is 1. The Morgan fingerprint density at radius 2 is 1.62 bits per heavy atom. The van der Waals surface area contributed by atoms with Crippen LogP contribution in [0.4, 0.5) is 11.8 Å². The molecule has 10 unspecified atom stereocenters. The van der Waals surface area contributed by atoms with Crippen molar-refractivity contribution < 1.29 is 51.8 Å². The van der Waals surface area contributed by atoms with Crippen molar-refractivity contribution in [2.24, 2.45) is 0 Å². The lowest BCUT2D eigenvalue weighted by Crippen LogP contribution is -2.37. The van der Waals surface area contributed by atoms with Gasteiger partial charge in [0.15, 0.2) is 29.6 Å². The Morgan fingerprint density at radius 3 is 2.36 bits per heavy atom. The molecule has 3 aliphatic rings. The highest BCUT2D eigenvalue weighted by molar-refractivity contribution is 8.44. The number of fused-ring (bicyclic) bond motifs is 6. The summed E-state index contributed by atoms with van der Waals surface area (Å²) in [5, 5.41) is 22.4. The van der Waals surface area contributed by atoms with Crippen molar-refractivity contribution in [2.75, 3.05) is 24.7 Å². The Labute approximate surface area is 255 Å². The topological polar surface area (TPSA) is 297 Å². The van der Waals surface area contributed by atoms with Crippen LogP contribution in [-0.4, -0.2) is 99.0 Å². The predicted octanol–water partition coefficient (Wildman–Crippen LogP) is -0.799. The third-order valence-corrected chi connectivity index (χ3v) is 10.1. The third-order valence-electron chi connectivity index (χ3n) is 7.47. The summed E-state index contributed by atoms with van der Waals surface area (Å²) in [6.45, 7) is -5.76. The van der Waals surface area contributed by atoms with Crippen LogP contribution in [0.2, 0.25) is 0 Å². The average molecular weight is 689 g/mol. The number of nitrogens with one attached hydrogen (secondary N) is 1. The molecule has 4 aromatic heterocycles. The van der Waals surface area contributed by atoms with Crippen molar-refractivity contribution >= 4 is 60.8 Å². The number of aromatic nitrogens is 7. The first-order chi connectivity index (χ1) is 21.3. The van der Waals surface area contributed by atoms with Crippen molar-refractivity contribution in [3.63, 3.8) is 0 Å². The zero-order valence-electron chi connectivity index (χ0n) is 22.5. The van der Waals surface area contributed by atoms with E-state index in [1.54, 1.807) is 0 Å². The maximum atomic E-state index is 13.5. The van der Waals surface area contributed by atoms with Gasteiger partial charge in [-0.3, -0.25) is 32.4 Å². The normalized spacial score (nSPS) is 37.7. The molecule has 10 atom stereocenters. The molecule has 0 radical (unpaired) electrons. The smallest absolute Gasteiger partial charge is 0.387 e. The fourth-order valence-electron chi connectivity index (χ4n) is 5.41. The standard InChI is InChI=1S/C21H25N9O12P2S/c22-15-10-17(25-5-24-15)30(6-26-10)20-13-11(31)9(40-20)4-38-44(36,45)42-14-12(32)8(3-37-43(34,35)41-13)39-19(14)29-2-1-7-16(29)27-21(23)28-18(7)33/h1-2,5-6,8-9,11-14,19-20,31-32H,3-4H2,(H,34,35)(H,36,45)(H2,22,24,25)(H3,23,27,28,33). The van der Waals surface area contributed by atoms with Crippen LogP contribution in [0, 0.1) is 0 Å². The summed E-state index contributed by atoms with van der Waals surface area (Å²) in [6.07, 6.45) is -7.99. The van der Waals surface area contributed by atoms with E-state index in [4.69, 9.17) is 39.0 Å². The van der Waals surface area contributed by atoms with Gasteiger partial charge in [-0.2, -0.15) is 4.98 Å². The zero-order chi connectivity index (χ0) is 31.8. The third kappa shape index (κ3) is 5.45. The summed E-state index contributed by atoms with van der Waals surface area (Å²) >= 11 is 4.05. The van der Waals surface area contributed by atoms with Gasteiger partial charge in [0, 0.05) is 6.20 Å². The second-order valence-corrected chi connectivity index (χ2v) is 14.6. The van der Waals surface area contributed by atoms with Crippen molar-refractivity contribution in [1.29, 1.82) is 0 Å². The molecule has 4 bridgehead atoms. The maximum Gasteiger partial charge on any atom is 0.472 e. The molecule has 0 spiro atoms. The molecule has 3 fully saturated rings. The molecule has 21 nitrogen and oxygen atoms in total. The number of nitrogens with two attached hydrogens (primary N) is 2. The summed E-state index contributed by atoms with van der Waals surface area (Å²) < 4.78 is 62.7. The highest BCUT2D eigenvalue weighted by Crippen LogP contribution is 2.58. The molecule has 0 aliphatic carbocycles. The first-order valence-corrected chi connectivity index (χ1v) is 17.3. The number of phosphoric ester groups is 1. The summed E-state index contributed by atoms with van der Waals surface area (Å²) in [5.41, 5.74) is 11.4. The van der Waals surface area contributed by atoms with E-state index < -0.39 is 82.5 Å². The number of H-pyrrole nitrogens is 1. The number of ether oxygens (including phenoxy) is 2. The quantitative estimate of drug-likeness (QED) is 0.100. The Kier molecular flexibility index (Phi) is 7.55. The van der Waals surface area contributed by atoms with Gasteiger partial charge in [0.2, 0.25) is 5.95 Å². The first-order valence-electron chi connectivity index (χ1n) is 13.1. The highest BCUT2D eigenvalue weighted by atomic mass is 32.7. The van der Waals surface area contributed by atoms with Gasteiger partial charge in [0.25, 0.3) is 5.56 Å². The fraction of sp³-hybridized carbons (Fsp3) is 0.476. The number of anilines is 2. The van der Waals surface area contributed by atoms with Crippen LogP contribution in [0.1, 0.15) is 12.5 Å². The van der Waals surface area contributed by atoms with E-state index in [9.17, 15) is 29.0 Å². The number of aliphatic hydroxyl groups is 2. The Hall–Kier alpha value is -2.98. The van der Waals surface area contributed by atoms with Crippen molar-refractivity contribution in [2.45, 2.75) is 49.1 Å². The molecule has 242 valence electrons. The number of thiol groups is 1. The molecule has 0 aromatic carbocycles. The summed E-state index contributed by atoms with van der Waals surface area (Å²) in [7, 11) is -5.03. The van der Waals surface area contributed by atoms with Gasteiger partial charge >= 0.3 is 14.6 Å². The number of aliphatic hydroxyl groups excluding tert-OH is 2. The molecular formula is C21H25N9O12P2S. The van der Waals surface area contributed by atoms with Gasteiger partial charge in [-0.1, -0.05) is 12.2 Å². The molecule has 24 heteroatoms. The average Bonchev–Trinajstić information content (AvgIpc) is 3.72. The predicted molar refractivity (Wildman–Crippen MR) is 152 cm³/mol. The molecule has 0 amide bonds. The Balaban J connectivity index is 1.23. The largest absolute Gasteiger partial charge is 0.472 e. The molecular weight excluding hydrogens is 664 g/mol. The first kappa shape index (κ1) is 30.7. The maximum absolute atomic E-state index is 13.5. The molecule has 3 saturated heterocycles. The number of hydrogen-bond donors (Lipinski definition) is 7. The van der Waals surface area contributed by atoms with Crippen molar-refractivity contribution in [1.82, 2.24) is 34.1 Å². The Bertz CT molecular complexity index is 1940. The van der Waals surface area contributed by atoms with E-state index in [2.05, 4.69) is 37.2 Å². The van der Waals surface area contributed by atoms with Crippen LogP contribution in [0.3, 0.4) is 0 Å². The van der Waals surface area contributed by atoms with Crippen LogP contribution >= 0.6 is 26.9 Å². The lowest BCUT2D eigenvalue weighted by molar-refractivity contribution is -0.0636. The van der Waals surface area contributed by atoms with Crippen LogP contribution in [0.15, 0.2) is 29.7 Å². The number of imidazole rings is 1. The number of nitrogens with zero attached hydrogens (tertiary/aromatic N) is 6. The van der Waals surface area contributed by atoms with Crippen LogP contribution in [0.25, 0.3) is 22.2 Å². The highest BCUT2D eigenvalue weighted by Gasteiger charge is 2.53. The lowest BCUT2D eigenvalue weighted by atomic mass is 10.1. The van der Waals surface area contributed by atoms with Crippen molar-refractivity contribution in [3.8, 4) is 0 Å². The van der Waals surface area contributed by atoms with Gasteiger partial charge in [-0.25, -0.2) is 24.1 Å². The van der Waals surface area contributed by atoms with Gasteiger partial charge in [0.05, 0.1) is 24.9 Å². The van der Waals surface area contributed by atoms with Gasteiger partial charge < -0.3 is 40.6 Å². The molecule has 45 heavy (non-hydrogen) atoms. The number of aromatic amines is 1. The van der Waals surface area contributed by atoms with Crippen LogP contribution < -0.4 is 17.0 Å². The number of hydrogen-bond acceptors (Lipinski definition) is 17. The minimum Gasteiger partial charge on any atom is -0.387 e. The molecule has 7 heterocycles. The zero-order valence-corrected chi connectivity index (χ0v) is 25.2. The van der Waals surface area contributed by atoms with Gasteiger partial charge in [-0.05, 0) is 6.07 Å². The number of nitrogen functional groups attached to an aromatic ring is 2. The second-order valence-electron chi connectivity index (χ2n) is 10.3. The van der Waals surface area contributed by atoms with E-state index >= 15 is 0 Å². The monoisotopic (exact) mass is 689 g/mol. The van der Waals surface area contributed by atoms with E-state index in [0.29, 0.717) is 0 Å². The number of rotatable bonds is 2. The van der Waals surface area contributed by atoms with E-state index in [-0.39, 0.29) is 34.0 Å². The summed E-state index contributed by atoms with van der Waals surface area (Å²) in [6, 6.07) is 1.40. The summed E-state index contributed by atoms with van der Waals surface area (Å²) in [5.74, 6) is -0.168. The van der Waals surface area contributed by atoms with E-state index in [1.165, 1.54) is 27.7 Å². The molecule has 4 aromatic rings. The van der Waals surface area contributed by atoms with Gasteiger partial charge in [-0.15, -0.1) is 0 Å². The van der Waals surface area contributed by atoms with Crippen molar-refractivity contribution in [3.05, 3.63) is 35.3 Å². The molecule has 0 saturated carbocycles. The Morgan fingerprint density at radius 1 is 0.956 bits per heavy atom. The van der Waals surface area contributed by atoms with E-state index in [1.807, 2.05) is 0 Å². The second kappa shape index (κ2) is 11.1. The fourth-order valence-corrected chi connectivity index (χ4v) is 7.80. The van der Waals surface area contributed by atoms with Gasteiger partial charge in [0.1, 0.15) is 48.5 Å². The SMILES string of the molecule is Nc1nc2c(ccn2C2OC3COP(=O)(O)OC4C(O)C(COP(=O)(S)OC2C3O)OC4n2cnc3c(N)ncnc32)c(=O)[nH]1.